The lowest BCUT2D eigenvalue weighted by Crippen LogP contribution is -2.11. The van der Waals surface area contributed by atoms with Crippen LogP contribution in [0, 0.1) is 20.8 Å². The zero-order valence-corrected chi connectivity index (χ0v) is 45.1. The van der Waals surface area contributed by atoms with Crippen LogP contribution in [0.1, 0.15) is 39.9 Å². The molecule has 404 valence electrons. The second-order valence-electron chi connectivity index (χ2n) is 18.5. The van der Waals surface area contributed by atoms with Crippen LogP contribution in [0.5, 0.6) is 23.0 Å². The van der Waals surface area contributed by atoms with Crippen molar-refractivity contribution in [3.8, 4) is 23.0 Å². The van der Waals surface area contributed by atoms with E-state index in [0.717, 1.165) is 44.2 Å². The summed E-state index contributed by atoms with van der Waals surface area (Å²) < 4.78 is 48.1. The summed E-state index contributed by atoms with van der Waals surface area (Å²) in [6.45, 7) is 6.02. The fourth-order valence-corrected chi connectivity index (χ4v) is 8.95. The van der Waals surface area contributed by atoms with Gasteiger partial charge in [-0.25, -0.2) is 0 Å². The highest BCUT2D eigenvalue weighted by Crippen LogP contribution is 2.42. The summed E-state index contributed by atoms with van der Waals surface area (Å²) in [6, 6.07) is 47.0. The van der Waals surface area contributed by atoms with Gasteiger partial charge < -0.3 is 35.7 Å². The lowest BCUT2D eigenvalue weighted by Gasteiger charge is -2.11. The Bertz CT molecular complexity index is 4020. The number of hydrogen-bond donors (Lipinski definition) is 5. The first-order valence-corrected chi connectivity index (χ1v) is 26.8. The van der Waals surface area contributed by atoms with Gasteiger partial charge in [0.05, 0.1) is 55.0 Å². The zero-order valence-electron chi connectivity index (χ0n) is 44.2. The number of ether oxygens (including phenoxy) is 3. The third kappa shape index (κ3) is 13.8. The van der Waals surface area contributed by atoms with Gasteiger partial charge in [0.15, 0.2) is 5.75 Å². The molecule has 1 amide bonds. The molecule has 80 heavy (non-hydrogen) atoms. The van der Waals surface area contributed by atoms with Gasteiger partial charge in [-0.15, -0.1) is 15.3 Å². The molecule has 0 saturated heterocycles. The van der Waals surface area contributed by atoms with Crippen molar-refractivity contribution in [1.82, 2.24) is 0 Å². The summed E-state index contributed by atoms with van der Waals surface area (Å²) in [5, 5.41) is 56.3. The van der Waals surface area contributed by atoms with E-state index in [9.17, 15) is 18.3 Å². The van der Waals surface area contributed by atoms with Crippen molar-refractivity contribution in [3.63, 3.8) is 0 Å². The molecule has 0 aliphatic rings. The molecule has 0 atom stereocenters. The number of phenolic OH excluding ortho intramolecular Hbond substituents is 1. The predicted molar refractivity (Wildman–Crippen MR) is 313 cm³/mol. The van der Waals surface area contributed by atoms with Crippen molar-refractivity contribution >= 4 is 106 Å². The average Bonchev–Trinajstić information content (AvgIpc) is 3.45. The fraction of sp³-hybridized carbons (Fsp3) is 0.150. The number of unbranched alkanes of at least 4 members (excludes halogenated alkanes) is 1. The van der Waals surface area contributed by atoms with Gasteiger partial charge in [-0.3, -0.25) is 9.35 Å². The van der Waals surface area contributed by atoms with E-state index < -0.39 is 10.1 Å². The minimum Gasteiger partial charge on any atom is -0.505 e. The van der Waals surface area contributed by atoms with Gasteiger partial charge >= 0.3 is 0 Å². The van der Waals surface area contributed by atoms with Crippen LogP contribution in [-0.4, -0.2) is 50.6 Å². The van der Waals surface area contributed by atoms with Gasteiger partial charge in [-0.2, -0.15) is 34.0 Å². The Morgan fingerprint density at radius 1 is 0.525 bits per heavy atom. The minimum absolute atomic E-state index is 0.0358. The Labute approximate surface area is 461 Å². The minimum atomic E-state index is -4.01. The van der Waals surface area contributed by atoms with E-state index in [-0.39, 0.29) is 30.4 Å². The lowest BCUT2D eigenvalue weighted by atomic mass is 10.1. The number of carbonyl (C=O) groups is 1. The monoisotopic (exact) mass is 1090 g/mol. The van der Waals surface area contributed by atoms with Crippen LogP contribution in [0.15, 0.2) is 199 Å². The average molecular weight is 1090 g/mol. The molecule has 9 aromatic rings. The molecular formula is C60H55N11O8S. The first-order chi connectivity index (χ1) is 38.6. The normalized spacial score (nSPS) is 11.9. The number of azo groups is 4. The van der Waals surface area contributed by atoms with Crippen molar-refractivity contribution in [2.24, 2.45) is 40.9 Å². The lowest BCUT2D eigenvalue weighted by molar-refractivity contribution is 0.102. The van der Waals surface area contributed by atoms with Gasteiger partial charge in [0, 0.05) is 51.2 Å². The van der Waals surface area contributed by atoms with Crippen LogP contribution in [0.25, 0.3) is 21.5 Å². The Morgan fingerprint density at radius 3 is 1.76 bits per heavy atom. The van der Waals surface area contributed by atoms with Crippen molar-refractivity contribution in [2.45, 2.75) is 33.6 Å². The molecule has 0 unspecified atom stereocenters. The molecule has 0 fully saturated rings. The number of rotatable bonds is 20. The number of nitrogens with two attached hydrogens (primary N) is 1. The summed E-state index contributed by atoms with van der Waals surface area (Å²) in [5.74, 6) is 0.784. The molecule has 20 heteroatoms. The number of fused-ring (bicyclic) bond motifs is 2. The highest BCUT2D eigenvalue weighted by Gasteiger charge is 2.15. The molecule has 9 aromatic carbocycles. The van der Waals surface area contributed by atoms with Crippen molar-refractivity contribution in [2.75, 3.05) is 42.9 Å². The zero-order chi connectivity index (χ0) is 56.3. The number of nitrogen functional groups attached to an aromatic ring is 1. The summed E-state index contributed by atoms with van der Waals surface area (Å²) in [4.78, 5) is 13.2. The Kier molecular flexibility index (Phi) is 16.9. The van der Waals surface area contributed by atoms with E-state index in [1.807, 2.05) is 118 Å². The molecule has 6 N–H and O–H groups in total. The highest BCUT2D eigenvalue weighted by atomic mass is 32.2. The maximum atomic E-state index is 13.2. The third-order valence-corrected chi connectivity index (χ3v) is 13.5. The fourth-order valence-electron chi connectivity index (χ4n) is 8.38. The maximum absolute atomic E-state index is 13.2. The SMILES string of the molecule is COc1cc(N=Nc2ccc(N=Nc3cc(C)c(N=Nc4ccc5cc(Nc6ccc(N)cc6)ccc5c4O)cc3C)cc2C)c(OC)cc1N=Nc1ccc(C(=O)Nc2ccc3c(OCCCCS(=O)(=O)O)cccc3c2)cc1. The Morgan fingerprint density at radius 2 is 1.07 bits per heavy atom. The van der Waals surface area contributed by atoms with Crippen LogP contribution in [-0.2, 0) is 10.1 Å². The molecule has 0 spiro atoms. The van der Waals surface area contributed by atoms with Crippen molar-refractivity contribution in [1.29, 1.82) is 0 Å². The number of amides is 1. The summed E-state index contributed by atoms with van der Waals surface area (Å²) in [5.41, 5.74) is 15.9. The molecule has 0 saturated carbocycles. The van der Waals surface area contributed by atoms with Crippen molar-refractivity contribution in [3.05, 3.63) is 180 Å². The van der Waals surface area contributed by atoms with Gasteiger partial charge in [0.1, 0.15) is 34.3 Å². The highest BCUT2D eigenvalue weighted by molar-refractivity contribution is 7.85. The standard InChI is InChI=1S/C60H55N11O8S/c1-36-29-47(65-68-52-30-38(3)53(31-37(52)2)69-67-51-25-13-41-33-45(21-24-49(41)59(51)72)62-43-18-14-42(61)15-19-43)22-26-50(36)66-71-55-35-57(77-4)54(34-58(55)78-5)70-64-44-16-11-39(12-17-44)60(73)63-46-20-23-48-40(32-46)9-8-10-56(48)79-27-6-7-28-80(74,75)76/h8-26,29-35,62,72H,6-7,27-28,61H2,1-5H3,(H,63,73)(H,74,75,76). The molecular weight excluding hydrogens is 1030 g/mol. The van der Waals surface area contributed by atoms with Crippen LogP contribution in [0.3, 0.4) is 0 Å². The largest absolute Gasteiger partial charge is 0.505 e. The summed E-state index contributed by atoms with van der Waals surface area (Å²) in [6.07, 6.45) is 0.738. The van der Waals surface area contributed by atoms with E-state index in [0.29, 0.717) is 91.5 Å². The number of nitrogens with one attached hydrogen (secondary N) is 2. The summed E-state index contributed by atoms with van der Waals surface area (Å²) >= 11 is 0. The summed E-state index contributed by atoms with van der Waals surface area (Å²) in [7, 11) is -0.985. The van der Waals surface area contributed by atoms with Gasteiger partial charge in [-0.1, -0.05) is 18.2 Å². The molecule has 0 aliphatic carbocycles. The van der Waals surface area contributed by atoms with Crippen LogP contribution in [0.2, 0.25) is 0 Å². The number of nitrogens with zero attached hydrogens (tertiary/aromatic N) is 8. The van der Waals surface area contributed by atoms with E-state index in [4.69, 9.17) is 24.5 Å². The molecule has 0 aromatic heterocycles. The molecule has 9 rings (SSSR count). The van der Waals surface area contributed by atoms with E-state index >= 15 is 0 Å². The van der Waals surface area contributed by atoms with Crippen LogP contribution >= 0.6 is 0 Å². The smallest absolute Gasteiger partial charge is 0.264 e. The molecule has 0 heterocycles. The predicted octanol–water partition coefficient (Wildman–Crippen LogP) is 16.9. The van der Waals surface area contributed by atoms with E-state index in [1.54, 1.807) is 60.7 Å². The number of benzene rings is 9. The van der Waals surface area contributed by atoms with Gasteiger partial charge in [0.2, 0.25) is 0 Å². The molecule has 19 nitrogen and oxygen atoms in total. The number of methoxy groups -OCH3 is 2. The number of aryl methyl sites for hydroxylation is 3. The quantitative estimate of drug-likeness (QED) is 0.0208. The van der Waals surface area contributed by atoms with Crippen molar-refractivity contribution < 1.29 is 37.1 Å². The number of hydrogen-bond acceptors (Lipinski definition) is 17. The first kappa shape index (κ1) is 54.9. The number of phenols is 1. The topological polar surface area (TPSA) is 268 Å². The Hall–Kier alpha value is -9.92. The first-order valence-electron chi connectivity index (χ1n) is 25.1. The molecule has 0 radical (unpaired) electrons. The third-order valence-electron chi connectivity index (χ3n) is 12.7. The number of aromatic hydroxyl groups is 1. The van der Waals surface area contributed by atoms with Crippen LogP contribution in [0.4, 0.5) is 68.2 Å². The van der Waals surface area contributed by atoms with Crippen LogP contribution < -0.4 is 30.6 Å². The maximum Gasteiger partial charge on any atom is 0.264 e. The van der Waals surface area contributed by atoms with Gasteiger partial charge in [-0.05, 0) is 188 Å². The molecule has 0 aliphatic heterocycles. The number of anilines is 4. The second kappa shape index (κ2) is 24.6. The van der Waals surface area contributed by atoms with E-state index in [2.05, 4.69) is 51.5 Å². The second-order valence-corrected chi connectivity index (χ2v) is 20.1. The van der Waals surface area contributed by atoms with Gasteiger partial charge in [0.25, 0.3) is 16.0 Å². The van der Waals surface area contributed by atoms with E-state index in [1.165, 1.54) is 14.2 Å². The Balaban J connectivity index is 0.801. The molecule has 0 bridgehead atoms. The number of carbonyl (C=O) groups excluding carboxylic acids is 1.